The average Bonchev–Trinajstić information content (AvgIpc) is 3.27. The van der Waals surface area contributed by atoms with Crippen LogP contribution in [0.4, 0.5) is 0 Å². The van der Waals surface area contributed by atoms with Crippen LogP contribution in [-0.4, -0.2) is 173 Å². The molecule has 0 saturated carbocycles. The van der Waals surface area contributed by atoms with Gasteiger partial charge < -0.3 is 73.3 Å². The molecule has 0 radical (unpaired) electrons. The topological polar surface area (TPSA) is 406 Å². The van der Waals surface area contributed by atoms with Gasteiger partial charge in [-0.05, 0) is 45.2 Å². The second-order valence-corrected chi connectivity index (χ2v) is 14.8. The van der Waals surface area contributed by atoms with Crippen molar-refractivity contribution in [1.29, 1.82) is 0 Å². The number of rotatable bonds is 34. The summed E-state index contributed by atoms with van der Waals surface area (Å²) in [6.45, 7) is 0.256. The number of aliphatic carboxylic acids is 1. The highest BCUT2D eigenvalue weighted by Crippen LogP contribution is 2.07. The minimum atomic E-state index is -1.92. The van der Waals surface area contributed by atoms with E-state index in [0.29, 0.717) is 32.2 Å². The van der Waals surface area contributed by atoms with Crippen LogP contribution in [0.3, 0.4) is 0 Å². The van der Waals surface area contributed by atoms with Crippen LogP contribution in [0.25, 0.3) is 0 Å². The van der Waals surface area contributed by atoms with Gasteiger partial charge in [-0.15, -0.1) is 0 Å². The number of primary amides is 1. The smallest absolute Gasteiger partial charge is 0.303 e. The van der Waals surface area contributed by atoms with Gasteiger partial charge in [0.15, 0.2) is 0 Å². The molecule has 0 saturated heterocycles. The Kier molecular flexibility index (Phi) is 27.2. The molecule has 1 rings (SSSR count). The number of benzene rings is 1. The van der Waals surface area contributed by atoms with Gasteiger partial charge in [-0.25, -0.2) is 5.43 Å². The van der Waals surface area contributed by atoms with Gasteiger partial charge in [0, 0.05) is 19.4 Å². The van der Waals surface area contributed by atoms with E-state index in [2.05, 4.69) is 48.1 Å². The molecule has 16 N–H and O–H groups in total. The van der Waals surface area contributed by atoms with Crippen molar-refractivity contribution in [2.75, 3.05) is 33.4 Å². The Bertz CT molecular complexity index is 1740. The van der Waals surface area contributed by atoms with Crippen molar-refractivity contribution in [2.45, 2.75) is 120 Å². The van der Waals surface area contributed by atoms with Crippen molar-refractivity contribution < 1.29 is 73.5 Å². The number of hydrogen-bond acceptors (Lipinski definition) is 17. The summed E-state index contributed by atoms with van der Waals surface area (Å²) >= 11 is 0. The lowest BCUT2D eigenvalue weighted by molar-refractivity contribution is -0.139. The zero-order valence-corrected chi connectivity index (χ0v) is 36.5. The fourth-order valence-corrected chi connectivity index (χ4v) is 6.01. The van der Waals surface area contributed by atoms with Gasteiger partial charge in [-0.1, -0.05) is 43.7 Å². The zero-order chi connectivity index (χ0) is 49.1. The number of aliphatic hydroxyl groups excluding tert-OH is 4. The molecule has 65 heavy (non-hydrogen) atoms. The van der Waals surface area contributed by atoms with E-state index in [1.165, 1.54) is 0 Å². The molecule has 0 aliphatic heterocycles. The lowest BCUT2D eigenvalue weighted by atomic mass is 10.0. The molecule has 0 aromatic heterocycles. The molecule has 0 heterocycles. The number of amides is 7. The molecule has 25 heteroatoms. The number of aliphatic hydroxyl groups is 4. The monoisotopic (exact) mass is 924 g/mol. The molecule has 0 bridgehead atoms. The maximum absolute atomic E-state index is 13.6. The summed E-state index contributed by atoms with van der Waals surface area (Å²) in [4.78, 5) is 126. The van der Waals surface area contributed by atoms with Gasteiger partial charge in [0.05, 0.1) is 38.4 Å². The Hall–Kier alpha value is -5.96. The Morgan fingerprint density at radius 3 is 1.72 bits per heavy atom. The molecule has 9 atom stereocenters. The summed E-state index contributed by atoms with van der Waals surface area (Å²) in [5, 5.41) is 65.0. The predicted octanol–water partition coefficient (Wildman–Crippen LogP) is -6.37. The van der Waals surface area contributed by atoms with Gasteiger partial charge >= 0.3 is 5.97 Å². The molecule has 0 aliphatic rings. The number of nitrogens with one attached hydrogen (secondary N) is 9. The van der Waals surface area contributed by atoms with E-state index >= 15 is 0 Å². The first-order valence-corrected chi connectivity index (χ1v) is 20.9. The molecule has 0 spiro atoms. The van der Waals surface area contributed by atoms with E-state index in [1.54, 1.807) is 44.3 Å². The molecular formula is C40H64N10O15. The van der Waals surface area contributed by atoms with E-state index in [1.807, 2.05) is 0 Å². The van der Waals surface area contributed by atoms with Crippen molar-refractivity contribution in [3.63, 3.8) is 0 Å². The molecule has 364 valence electrons. The van der Waals surface area contributed by atoms with Crippen LogP contribution in [0.15, 0.2) is 30.3 Å². The zero-order valence-electron chi connectivity index (χ0n) is 36.5. The second kappa shape index (κ2) is 31.0. The second-order valence-electron chi connectivity index (χ2n) is 14.8. The van der Waals surface area contributed by atoms with Gasteiger partial charge in [0.2, 0.25) is 41.4 Å². The van der Waals surface area contributed by atoms with Crippen LogP contribution in [0.5, 0.6) is 0 Å². The SMILES string of the molecule is CCC(=O)C(CCCCNNC(Cc1ccccc1)C(=O)N[C@@H](CO)C(=O)NC(CCC(=O)O)C(=O)N[C@@H](CO)C(=O)N[C@H](C(=O)N[C@@H](CC(N)=O)C(=O)NC(C=O)CO)[C@@H](C)O)NC. The average molecular weight is 925 g/mol. The predicted molar refractivity (Wildman–Crippen MR) is 228 cm³/mol. The number of hydrogen-bond donors (Lipinski definition) is 15. The normalized spacial score (nSPS) is 15.2. The van der Waals surface area contributed by atoms with Gasteiger partial charge in [0.1, 0.15) is 54.4 Å². The highest BCUT2D eigenvalue weighted by Gasteiger charge is 2.35. The van der Waals surface area contributed by atoms with Crippen molar-refractivity contribution >= 4 is 59.4 Å². The van der Waals surface area contributed by atoms with Crippen LogP contribution in [-0.2, 0) is 54.4 Å². The lowest BCUT2D eigenvalue weighted by Gasteiger charge is -2.27. The number of likely N-dealkylation sites (N-methyl/N-ethyl adjacent to an activating group) is 1. The molecule has 0 aliphatic carbocycles. The summed E-state index contributed by atoms with van der Waals surface area (Å²) in [7, 11) is 1.71. The Balaban J connectivity index is 3.14. The van der Waals surface area contributed by atoms with E-state index in [0.717, 1.165) is 12.5 Å². The van der Waals surface area contributed by atoms with Gasteiger partial charge in [0.25, 0.3) is 0 Å². The fraction of sp³-hybridized carbons (Fsp3) is 0.600. The third-order valence-corrected chi connectivity index (χ3v) is 9.71. The molecule has 4 unspecified atom stereocenters. The van der Waals surface area contributed by atoms with Crippen molar-refractivity contribution in [2.24, 2.45) is 5.73 Å². The van der Waals surface area contributed by atoms with E-state index in [-0.39, 0.29) is 24.5 Å². The first-order valence-electron chi connectivity index (χ1n) is 20.9. The Morgan fingerprint density at radius 1 is 0.677 bits per heavy atom. The summed E-state index contributed by atoms with van der Waals surface area (Å²) in [6.07, 6.45) is -1.22. The van der Waals surface area contributed by atoms with Gasteiger partial charge in [-0.3, -0.25) is 48.6 Å². The molecule has 1 aromatic rings. The van der Waals surface area contributed by atoms with Crippen LogP contribution in [0, 0.1) is 0 Å². The molecule has 0 fully saturated rings. The minimum Gasteiger partial charge on any atom is -0.481 e. The number of carboxylic acids is 1. The standard InChI is InChI=1S/C40H64N10O15/c1-4-31(56)25(42-3)12-8-9-15-43-50-28(16-23-10-6-5-7-11-23)37(62)48-29(20-53)38(63)45-26(13-14-33(58)59)35(60)47-30(21-54)39(64)49-34(22(2)55)40(65)46-27(17-32(41)57)36(61)44-24(18-51)19-52/h5-7,10-11,18,22,24-30,34,42-43,50,52-55H,4,8-9,12-17,19-21H2,1-3H3,(H2,41,57)(H,44,61)(H,45,63)(H,46,65)(H,47,60)(H,48,62)(H,49,64)(H,58,59)/t22-,24?,25?,26?,27+,28?,29+,30+,34+/m1/s1. The molecule has 1 aromatic carbocycles. The lowest BCUT2D eigenvalue weighted by Crippen LogP contribution is -2.62. The number of hydrazine groups is 1. The fourth-order valence-electron chi connectivity index (χ4n) is 6.01. The summed E-state index contributed by atoms with van der Waals surface area (Å²) in [5.74, 6) is -9.22. The van der Waals surface area contributed by atoms with Crippen LogP contribution >= 0.6 is 0 Å². The largest absolute Gasteiger partial charge is 0.481 e. The van der Waals surface area contributed by atoms with Crippen LogP contribution in [0.1, 0.15) is 64.4 Å². The van der Waals surface area contributed by atoms with Gasteiger partial charge in [-0.2, -0.15) is 0 Å². The number of aldehydes is 1. The molecule has 25 nitrogen and oxygen atoms in total. The first-order chi connectivity index (χ1) is 30.8. The quantitative estimate of drug-likeness (QED) is 0.0174. The third kappa shape index (κ3) is 21.5. The van der Waals surface area contributed by atoms with E-state index in [9.17, 15) is 73.5 Å². The first kappa shape index (κ1) is 57.1. The number of nitrogens with two attached hydrogens (primary N) is 1. The minimum absolute atomic E-state index is 0.0931. The highest BCUT2D eigenvalue weighted by molar-refractivity contribution is 5.98. The van der Waals surface area contributed by atoms with E-state index < -0.39 is 135 Å². The van der Waals surface area contributed by atoms with Crippen LogP contribution in [0.2, 0.25) is 0 Å². The van der Waals surface area contributed by atoms with Crippen molar-refractivity contribution in [1.82, 2.24) is 48.1 Å². The van der Waals surface area contributed by atoms with Crippen LogP contribution < -0.4 is 53.8 Å². The maximum Gasteiger partial charge on any atom is 0.303 e. The number of carbonyl (C=O) groups is 10. The summed E-state index contributed by atoms with van der Waals surface area (Å²) in [5.41, 5.74) is 11.8. The Morgan fingerprint density at radius 2 is 1.22 bits per heavy atom. The maximum atomic E-state index is 13.6. The molecule has 7 amide bonds. The number of carbonyl (C=O) groups excluding carboxylic acids is 9. The van der Waals surface area contributed by atoms with Crippen molar-refractivity contribution in [3.8, 4) is 0 Å². The third-order valence-electron chi connectivity index (χ3n) is 9.71. The number of ketones is 1. The molecular weight excluding hydrogens is 860 g/mol. The number of carboxylic acid groups (broad SMARTS) is 1. The number of unbranched alkanes of at least 4 members (excludes halogenated alkanes) is 1. The number of Topliss-reactive ketones (excluding diaryl/α,β-unsaturated/α-hetero) is 1. The van der Waals surface area contributed by atoms with E-state index in [4.69, 9.17) is 5.73 Å². The highest BCUT2D eigenvalue weighted by atomic mass is 16.4. The summed E-state index contributed by atoms with van der Waals surface area (Å²) in [6, 6.07) is -2.92. The summed E-state index contributed by atoms with van der Waals surface area (Å²) < 4.78 is 0. The Labute approximate surface area is 375 Å². The van der Waals surface area contributed by atoms with Crippen molar-refractivity contribution in [3.05, 3.63) is 35.9 Å².